The monoisotopic (exact) mass is 215 g/mol. The minimum absolute atomic E-state index is 0.646. The molecule has 84 valence electrons. The predicted octanol–water partition coefficient (Wildman–Crippen LogP) is 1.39. The molecule has 0 aliphatic rings. The number of hydrogen-bond donors (Lipinski definition) is 3. The van der Waals surface area contributed by atoms with Crippen LogP contribution in [0.5, 0.6) is 0 Å². The van der Waals surface area contributed by atoms with E-state index in [4.69, 9.17) is 5.84 Å². The van der Waals surface area contributed by atoms with E-state index in [1.165, 1.54) is 16.3 Å². The summed E-state index contributed by atoms with van der Waals surface area (Å²) in [5, 5.41) is 5.79. The van der Waals surface area contributed by atoms with Gasteiger partial charge in [0.15, 0.2) is 0 Å². The first-order valence-electron chi connectivity index (χ1n) is 5.52. The Kier molecular flexibility index (Phi) is 3.88. The lowest BCUT2D eigenvalue weighted by molar-refractivity contribution is 0.602. The Morgan fingerprint density at radius 1 is 1.00 bits per heavy atom. The lowest BCUT2D eigenvalue weighted by Gasteiger charge is -2.05. The van der Waals surface area contributed by atoms with Crippen molar-refractivity contribution in [3.63, 3.8) is 0 Å². The molecule has 0 heterocycles. The number of rotatable bonds is 5. The lowest BCUT2D eigenvalue weighted by Crippen LogP contribution is -2.34. The number of nitrogens with one attached hydrogen (secondary N) is 2. The van der Waals surface area contributed by atoms with Crippen LogP contribution in [0.15, 0.2) is 42.5 Å². The molecule has 0 amide bonds. The van der Waals surface area contributed by atoms with E-state index >= 15 is 0 Å². The van der Waals surface area contributed by atoms with Crippen molar-refractivity contribution in [1.82, 2.24) is 10.7 Å². The summed E-state index contributed by atoms with van der Waals surface area (Å²) in [5.74, 6) is 5.17. The van der Waals surface area contributed by atoms with E-state index in [2.05, 4.69) is 53.2 Å². The molecule has 2 aromatic carbocycles. The summed E-state index contributed by atoms with van der Waals surface area (Å²) < 4.78 is 0. The van der Waals surface area contributed by atoms with E-state index in [1.807, 2.05) is 0 Å². The van der Waals surface area contributed by atoms with Gasteiger partial charge in [0, 0.05) is 6.54 Å². The number of fused-ring (bicyclic) bond motifs is 1. The molecule has 0 aromatic heterocycles. The van der Waals surface area contributed by atoms with Crippen LogP contribution in [0.4, 0.5) is 0 Å². The van der Waals surface area contributed by atoms with Gasteiger partial charge in [-0.25, -0.2) is 5.43 Å². The average Bonchev–Trinajstić information content (AvgIpc) is 2.34. The molecule has 0 saturated heterocycles. The molecule has 0 radical (unpaired) electrons. The highest BCUT2D eigenvalue weighted by molar-refractivity contribution is 5.82. The zero-order chi connectivity index (χ0) is 11.2. The van der Waals surface area contributed by atoms with Crippen molar-refractivity contribution in [3.8, 4) is 0 Å². The van der Waals surface area contributed by atoms with Gasteiger partial charge in [-0.3, -0.25) is 5.84 Å². The summed E-state index contributed by atoms with van der Waals surface area (Å²) in [4.78, 5) is 0. The van der Waals surface area contributed by atoms with E-state index in [9.17, 15) is 0 Å². The molecular weight excluding hydrogens is 198 g/mol. The third-order valence-corrected chi connectivity index (χ3v) is 2.63. The van der Waals surface area contributed by atoms with Crippen molar-refractivity contribution < 1.29 is 0 Å². The molecule has 0 fully saturated rings. The van der Waals surface area contributed by atoms with Crippen LogP contribution >= 0.6 is 0 Å². The minimum Gasteiger partial charge on any atom is -0.303 e. The van der Waals surface area contributed by atoms with Crippen LogP contribution in [-0.2, 0) is 6.42 Å². The van der Waals surface area contributed by atoms with Gasteiger partial charge in [-0.2, -0.15) is 0 Å². The Balaban J connectivity index is 2.02. The molecule has 0 aliphatic carbocycles. The van der Waals surface area contributed by atoms with Crippen molar-refractivity contribution in [2.45, 2.75) is 6.42 Å². The Hall–Kier alpha value is -1.42. The lowest BCUT2D eigenvalue weighted by atomic mass is 10.1. The Morgan fingerprint density at radius 3 is 2.62 bits per heavy atom. The molecule has 0 spiro atoms. The molecule has 4 N–H and O–H groups in total. The normalized spacial score (nSPS) is 10.8. The molecule has 0 unspecified atom stereocenters. The molecule has 0 aliphatic heterocycles. The van der Waals surface area contributed by atoms with E-state index in [0.717, 1.165) is 13.0 Å². The molecule has 2 aromatic rings. The van der Waals surface area contributed by atoms with Gasteiger partial charge >= 0.3 is 0 Å². The van der Waals surface area contributed by atoms with Crippen molar-refractivity contribution in [2.24, 2.45) is 5.84 Å². The van der Waals surface area contributed by atoms with Crippen LogP contribution in [0.3, 0.4) is 0 Å². The van der Waals surface area contributed by atoms with E-state index < -0.39 is 0 Å². The fourth-order valence-corrected chi connectivity index (χ4v) is 1.79. The fraction of sp³-hybridized carbons (Fsp3) is 0.231. The van der Waals surface area contributed by atoms with Crippen LogP contribution < -0.4 is 16.6 Å². The number of nitrogens with two attached hydrogens (primary N) is 1. The first-order valence-corrected chi connectivity index (χ1v) is 5.52. The summed E-state index contributed by atoms with van der Waals surface area (Å²) in [6.07, 6.45) is 1.02. The first-order chi connectivity index (χ1) is 7.90. The molecular formula is C13H17N3. The van der Waals surface area contributed by atoms with Crippen molar-refractivity contribution in [1.29, 1.82) is 0 Å². The zero-order valence-electron chi connectivity index (χ0n) is 9.24. The van der Waals surface area contributed by atoms with Gasteiger partial charge in [0.1, 0.15) is 0 Å². The van der Waals surface area contributed by atoms with Gasteiger partial charge < -0.3 is 5.32 Å². The predicted molar refractivity (Wildman–Crippen MR) is 67.8 cm³/mol. The third-order valence-electron chi connectivity index (χ3n) is 2.63. The summed E-state index contributed by atoms with van der Waals surface area (Å²) in [7, 11) is 0. The standard InChI is InChI=1S/C13H17N3/c14-16-10-15-8-7-11-5-6-12-3-1-2-4-13(12)9-11/h1-6,9,15-16H,7-8,10,14H2. The van der Waals surface area contributed by atoms with Crippen LogP contribution in [-0.4, -0.2) is 13.2 Å². The topological polar surface area (TPSA) is 50.1 Å². The second-order valence-corrected chi connectivity index (χ2v) is 3.81. The van der Waals surface area contributed by atoms with Crippen molar-refractivity contribution in [3.05, 3.63) is 48.0 Å². The maximum atomic E-state index is 5.17. The molecule has 3 heteroatoms. The van der Waals surface area contributed by atoms with Gasteiger partial charge in [-0.1, -0.05) is 42.5 Å². The molecule has 16 heavy (non-hydrogen) atoms. The molecule has 0 saturated carbocycles. The Morgan fingerprint density at radius 2 is 1.81 bits per heavy atom. The summed E-state index contributed by atoms with van der Waals surface area (Å²) in [6, 6.07) is 15.0. The zero-order valence-corrected chi connectivity index (χ0v) is 9.24. The largest absolute Gasteiger partial charge is 0.303 e. The Labute approximate surface area is 95.6 Å². The van der Waals surface area contributed by atoms with Crippen LogP contribution in [0.1, 0.15) is 5.56 Å². The quantitative estimate of drug-likeness (QED) is 0.306. The van der Waals surface area contributed by atoms with Gasteiger partial charge in [0.25, 0.3) is 0 Å². The highest BCUT2D eigenvalue weighted by Gasteiger charge is 1.95. The van der Waals surface area contributed by atoms with Gasteiger partial charge in [0.05, 0.1) is 6.67 Å². The SMILES string of the molecule is NNCNCCc1ccc2ccccc2c1. The first kappa shape index (κ1) is 11.1. The second kappa shape index (κ2) is 5.61. The van der Waals surface area contributed by atoms with Gasteiger partial charge in [-0.15, -0.1) is 0 Å². The smallest absolute Gasteiger partial charge is 0.0587 e. The van der Waals surface area contributed by atoms with E-state index in [1.54, 1.807) is 0 Å². The van der Waals surface area contributed by atoms with Crippen LogP contribution in [0.2, 0.25) is 0 Å². The van der Waals surface area contributed by atoms with E-state index in [-0.39, 0.29) is 0 Å². The molecule has 3 nitrogen and oxygen atoms in total. The minimum atomic E-state index is 0.646. The highest BCUT2D eigenvalue weighted by Crippen LogP contribution is 2.15. The maximum absolute atomic E-state index is 5.17. The van der Waals surface area contributed by atoms with Crippen molar-refractivity contribution in [2.75, 3.05) is 13.2 Å². The highest BCUT2D eigenvalue weighted by atomic mass is 15.3. The summed E-state index contributed by atoms with van der Waals surface area (Å²) in [5.41, 5.74) is 3.92. The van der Waals surface area contributed by atoms with Crippen molar-refractivity contribution >= 4 is 10.8 Å². The van der Waals surface area contributed by atoms with Crippen LogP contribution in [0, 0.1) is 0 Å². The third kappa shape index (κ3) is 2.79. The Bertz CT molecular complexity index is 454. The van der Waals surface area contributed by atoms with Crippen LogP contribution in [0.25, 0.3) is 10.8 Å². The maximum Gasteiger partial charge on any atom is 0.0587 e. The average molecular weight is 215 g/mol. The molecule has 2 rings (SSSR count). The summed E-state index contributed by atoms with van der Waals surface area (Å²) in [6.45, 7) is 1.58. The number of hydrogen-bond acceptors (Lipinski definition) is 3. The van der Waals surface area contributed by atoms with E-state index in [0.29, 0.717) is 6.67 Å². The van der Waals surface area contributed by atoms with Gasteiger partial charge in [-0.05, 0) is 22.8 Å². The fourth-order valence-electron chi connectivity index (χ4n) is 1.79. The molecule has 0 atom stereocenters. The summed E-state index contributed by atoms with van der Waals surface area (Å²) >= 11 is 0. The van der Waals surface area contributed by atoms with Gasteiger partial charge in [0.2, 0.25) is 0 Å². The number of benzene rings is 2. The molecule has 0 bridgehead atoms. The number of hydrazine groups is 1. The second-order valence-electron chi connectivity index (χ2n) is 3.81.